The van der Waals surface area contributed by atoms with E-state index in [0.29, 0.717) is 31.9 Å². The van der Waals surface area contributed by atoms with Gasteiger partial charge < -0.3 is 14.5 Å². The lowest BCUT2D eigenvalue weighted by Crippen LogP contribution is -2.50. The first kappa shape index (κ1) is 15.9. The molecule has 1 aromatic rings. The largest absolute Gasteiger partial charge is 0.444 e. The highest BCUT2D eigenvalue weighted by molar-refractivity contribution is 6.31. The van der Waals surface area contributed by atoms with Gasteiger partial charge in [0.15, 0.2) is 5.82 Å². The summed E-state index contributed by atoms with van der Waals surface area (Å²) >= 11 is 5.80. The molecule has 1 heterocycles. The van der Waals surface area contributed by atoms with E-state index >= 15 is 0 Å². The number of carbonyl (C=O) groups excluding carboxylic acids is 1. The number of piperazine rings is 1. The second kappa shape index (κ2) is 6.10. The van der Waals surface area contributed by atoms with Crippen molar-refractivity contribution in [2.75, 3.05) is 31.1 Å². The standard InChI is InChI=1S/C15H20ClFN2O2/c1-15(2,3)21-14(20)19-9-7-18(8-10-19)12-6-4-5-11(16)13(12)17/h4-6H,7-10H2,1-3H3. The van der Waals surface area contributed by atoms with Gasteiger partial charge in [-0.3, -0.25) is 0 Å². The van der Waals surface area contributed by atoms with Crippen LogP contribution in [0.1, 0.15) is 20.8 Å². The summed E-state index contributed by atoms with van der Waals surface area (Å²) in [7, 11) is 0. The SMILES string of the molecule is CC(C)(C)OC(=O)N1CCN(c2cccc(Cl)c2F)CC1. The van der Waals surface area contributed by atoms with Crippen LogP contribution in [-0.2, 0) is 4.74 Å². The second-order valence-corrected chi connectivity index (χ2v) is 6.43. The number of anilines is 1. The Morgan fingerprint density at radius 2 is 1.86 bits per heavy atom. The first-order chi connectivity index (χ1) is 9.78. The van der Waals surface area contributed by atoms with Crippen LogP contribution >= 0.6 is 11.6 Å². The first-order valence-electron chi connectivity index (χ1n) is 6.95. The zero-order valence-corrected chi connectivity index (χ0v) is 13.3. The average Bonchev–Trinajstić information content (AvgIpc) is 2.40. The van der Waals surface area contributed by atoms with E-state index in [9.17, 15) is 9.18 Å². The Labute approximate surface area is 129 Å². The van der Waals surface area contributed by atoms with Crippen LogP contribution in [0.25, 0.3) is 0 Å². The third kappa shape index (κ3) is 4.00. The number of rotatable bonds is 1. The van der Waals surface area contributed by atoms with Gasteiger partial charge in [0.1, 0.15) is 5.60 Å². The molecule has 21 heavy (non-hydrogen) atoms. The average molecular weight is 315 g/mol. The van der Waals surface area contributed by atoms with Crippen molar-refractivity contribution < 1.29 is 13.9 Å². The molecule has 0 atom stereocenters. The van der Waals surface area contributed by atoms with Crippen LogP contribution < -0.4 is 4.90 Å². The van der Waals surface area contributed by atoms with Crippen molar-refractivity contribution in [1.82, 2.24) is 4.90 Å². The zero-order valence-electron chi connectivity index (χ0n) is 12.5. The molecule has 1 aliphatic rings. The Hall–Kier alpha value is -1.49. The molecule has 2 rings (SSSR count). The molecule has 0 spiro atoms. The van der Waals surface area contributed by atoms with E-state index in [0.717, 1.165) is 0 Å². The van der Waals surface area contributed by atoms with Gasteiger partial charge in [0.25, 0.3) is 0 Å². The molecule has 0 saturated carbocycles. The first-order valence-corrected chi connectivity index (χ1v) is 7.32. The molecule has 0 aliphatic carbocycles. The van der Waals surface area contributed by atoms with E-state index in [2.05, 4.69) is 0 Å². The molecule has 0 bridgehead atoms. The fourth-order valence-corrected chi connectivity index (χ4v) is 2.36. The Balaban J connectivity index is 1.97. The van der Waals surface area contributed by atoms with Gasteiger partial charge in [-0.2, -0.15) is 0 Å². The quantitative estimate of drug-likeness (QED) is 0.795. The lowest BCUT2D eigenvalue weighted by Gasteiger charge is -2.36. The number of nitrogens with zero attached hydrogens (tertiary/aromatic N) is 2. The van der Waals surface area contributed by atoms with E-state index in [4.69, 9.17) is 16.3 Å². The molecular formula is C15H20ClFN2O2. The highest BCUT2D eigenvalue weighted by Gasteiger charge is 2.26. The maximum absolute atomic E-state index is 14.0. The summed E-state index contributed by atoms with van der Waals surface area (Å²) in [5.41, 5.74) is -0.0286. The van der Waals surface area contributed by atoms with Crippen molar-refractivity contribution in [3.05, 3.63) is 29.0 Å². The number of carbonyl (C=O) groups is 1. The third-order valence-corrected chi connectivity index (χ3v) is 3.50. The third-order valence-electron chi connectivity index (χ3n) is 3.20. The van der Waals surface area contributed by atoms with Crippen molar-refractivity contribution in [2.45, 2.75) is 26.4 Å². The molecule has 1 aliphatic heterocycles. The van der Waals surface area contributed by atoms with Crippen molar-refractivity contribution in [2.24, 2.45) is 0 Å². The number of hydrogen-bond acceptors (Lipinski definition) is 3. The second-order valence-electron chi connectivity index (χ2n) is 6.03. The Bertz CT molecular complexity index is 523. The monoisotopic (exact) mass is 314 g/mol. The van der Waals surface area contributed by atoms with Crippen LogP contribution in [0.4, 0.5) is 14.9 Å². The minimum Gasteiger partial charge on any atom is -0.444 e. The Morgan fingerprint density at radius 1 is 1.24 bits per heavy atom. The van der Waals surface area contributed by atoms with Gasteiger partial charge in [0, 0.05) is 26.2 Å². The molecule has 1 amide bonds. The van der Waals surface area contributed by atoms with Gasteiger partial charge in [-0.25, -0.2) is 9.18 Å². The molecule has 0 radical (unpaired) electrons. The maximum Gasteiger partial charge on any atom is 0.410 e. The van der Waals surface area contributed by atoms with Gasteiger partial charge in [-0.15, -0.1) is 0 Å². The van der Waals surface area contributed by atoms with E-state index in [-0.39, 0.29) is 11.1 Å². The van der Waals surface area contributed by atoms with Crippen LogP contribution in [0, 0.1) is 5.82 Å². The lowest BCUT2D eigenvalue weighted by molar-refractivity contribution is 0.0240. The topological polar surface area (TPSA) is 32.8 Å². The fourth-order valence-electron chi connectivity index (χ4n) is 2.19. The Morgan fingerprint density at radius 3 is 2.43 bits per heavy atom. The van der Waals surface area contributed by atoms with Crippen LogP contribution in [0.5, 0.6) is 0 Å². The van der Waals surface area contributed by atoms with Crippen molar-refractivity contribution in [3.63, 3.8) is 0 Å². The summed E-state index contributed by atoms with van der Waals surface area (Å²) in [6.45, 7) is 7.61. The summed E-state index contributed by atoms with van der Waals surface area (Å²) in [5, 5.41) is 0.113. The van der Waals surface area contributed by atoms with Crippen LogP contribution in [0.3, 0.4) is 0 Å². The number of amides is 1. The fraction of sp³-hybridized carbons (Fsp3) is 0.533. The van der Waals surface area contributed by atoms with E-state index in [1.165, 1.54) is 6.07 Å². The van der Waals surface area contributed by atoms with Gasteiger partial charge in [-0.05, 0) is 32.9 Å². The highest BCUT2D eigenvalue weighted by atomic mass is 35.5. The molecule has 116 valence electrons. The maximum atomic E-state index is 14.0. The minimum atomic E-state index is -0.507. The smallest absolute Gasteiger partial charge is 0.410 e. The molecule has 0 aromatic heterocycles. The molecule has 0 unspecified atom stereocenters. The minimum absolute atomic E-state index is 0.113. The number of benzene rings is 1. The normalized spacial score (nSPS) is 16.0. The zero-order chi connectivity index (χ0) is 15.6. The Kier molecular flexibility index (Phi) is 4.61. The molecule has 1 saturated heterocycles. The van der Waals surface area contributed by atoms with Crippen LogP contribution in [0.2, 0.25) is 5.02 Å². The predicted octanol–water partition coefficient (Wildman–Crippen LogP) is 3.54. The summed E-state index contributed by atoms with van der Waals surface area (Å²) in [6, 6.07) is 4.95. The van der Waals surface area contributed by atoms with Gasteiger partial charge in [0.05, 0.1) is 10.7 Å². The van der Waals surface area contributed by atoms with Crippen molar-refractivity contribution in [1.29, 1.82) is 0 Å². The number of ether oxygens (including phenoxy) is 1. The molecular weight excluding hydrogens is 295 g/mol. The lowest BCUT2D eigenvalue weighted by atomic mass is 10.2. The van der Waals surface area contributed by atoms with E-state index < -0.39 is 11.4 Å². The summed E-state index contributed by atoms with van der Waals surface area (Å²) in [6.07, 6.45) is -0.325. The number of hydrogen-bond donors (Lipinski definition) is 0. The van der Waals surface area contributed by atoms with E-state index in [1.54, 1.807) is 17.0 Å². The van der Waals surface area contributed by atoms with Crippen molar-refractivity contribution in [3.8, 4) is 0 Å². The van der Waals surface area contributed by atoms with Crippen LogP contribution in [0.15, 0.2) is 18.2 Å². The van der Waals surface area contributed by atoms with Gasteiger partial charge in [0.2, 0.25) is 0 Å². The molecule has 6 heteroatoms. The molecule has 0 N–H and O–H groups in total. The molecule has 1 aromatic carbocycles. The summed E-state index contributed by atoms with van der Waals surface area (Å²) in [5.74, 6) is -0.412. The van der Waals surface area contributed by atoms with Crippen molar-refractivity contribution >= 4 is 23.4 Å². The van der Waals surface area contributed by atoms with Gasteiger partial charge in [-0.1, -0.05) is 17.7 Å². The van der Waals surface area contributed by atoms with Gasteiger partial charge >= 0.3 is 6.09 Å². The predicted molar refractivity (Wildman–Crippen MR) is 81.4 cm³/mol. The molecule has 1 fully saturated rings. The van der Waals surface area contributed by atoms with E-state index in [1.807, 2.05) is 25.7 Å². The van der Waals surface area contributed by atoms with Crippen LogP contribution in [-0.4, -0.2) is 42.8 Å². The number of halogens is 2. The summed E-state index contributed by atoms with van der Waals surface area (Å²) < 4.78 is 19.3. The molecule has 4 nitrogen and oxygen atoms in total. The highest BCUT2D eigenvalue weighted by Crippen LogP contribution is 2.26. The summed E-state index contributed by atoms with van der Waals surface area (Å²) in [4.78, 5) is 15.5.